The molecule has 3 aromatic rings. The van der Waals surface area contributed by atoms with Gasteiger partial charge in [-0.3, -0.25) is 4.79 Å². The second-order valence-electron chi connectivity index (χ2n) is 8.46. The average Bonchev–Trinajstić information content (AvgIpc) is 2.85. The van der Waals surface area contributed by atoms with Gasteiger partial charge in [0.05, 0.1) is 5.69 Å². The zero-order valence-corrected chi connectivity index (χ0v) is 18.1. The molecule has 8 heteroatoms. The molecule has 0 bridgehead atoms. The summed E-state index contributed by atoms with van der Waals surface area (Å²) in [5, 5.41) is 24.5. The number of aromatic amines is 1. The van der Waals surface area contributed by atoms with E-state index < -0.39 is 22.8 Å². The van der Waals surface area contributed by atoms with Crippen molar-refractivity contribution in [3.05, 3.63) is 50.9 Å². The van der Waals surface area contributed by atoms with Crippen LogP contribution in [0.15, 0.2) is 23.0 Å². The number of hydrogen-bond acceptors (Lipinski definition) is 4. The lowest BCUT2D eigenvalue weighted by atomic mass is 9.93. The van der Waals surface area contributed by atoms with Crippen molar-refractivity contribution < 1.29 is 15.0 Å². The number of nitrogens with one attached hydrogen (secondary N) is 2. The number of rotatable bonds is 4. The third-order valence-electron chi connectivity index (χ3n) is 6.69. The molecule has 0 aliphatic heterocycles. The van der Waals surface area contributed by atoms with E-state index in [1.165, 1.54) is 25.0 Å². The van der Waals surface area contributed by atoms with E-state index in [1.807, 2.05) is 0 Å². The number of nitrogens with zero attached hydrogens (tertiary/aromatic N) is 1. The van der Waals surface area contributed by atoms with Crippen molar-refractivity contribution in [2.45, 2.75) is 51.1 Å². The van der Waals surface area contributed by atoms with Gasteiger partial charge in [-0.05, 0) is 55.9 Å². The Bertz CT molecular complexity index is 1240. The van der Waals surface area contributed by atoms with E-state index in [4.69, 9.17) is 0 Å². The molecule has 0 atom stereocenters. The predicted octanol–water partition coefficient (Wildman–Crippen LogP) is 3.49. The lowest BCUT2D eigenvalue weighted by Gasteiger charge is -2.26. The maximum atomic E-state index is 12.4. The maximum absolute atomic E-state index is 12.4. The third kappa shape index (κ3) is 3.51. The van der Waals surface area contributed by atoms with Crippen LogP contribution in [0.2, 0.25) is 0 Å². The second kappa shape index (κ2) is 8.05. The summed E-state index contributed by atoms with van der Waals surface area (Å²) < 4.78 is 2.21. The number of halogens is 1. The summed E-state index contributed by atoms with van der Waals surface area (Å²) in [6.07, 6.45) is 5.86. The molecule has 1 saturated carbocycles. The molecule has 0 saturated heterocycles. The smallest absolute Gasteiger partial charge is 0.345 e. The van der Waals surface area contributed by atoms with Crippen LogP contribution < -0.4 is 10.9 Å². The Labute approximate surface area is 185 Å². The van der Waals surface area contributed by atoms with Crippen molar-refractivity contribution in [3.8, 4) is 17.0 Å². The maximum Gasteiger partial charge on any atom is 0.345 e. The van der Waals surface area contributed by atoms with Gasteiger partial charge < -0.3 is 25.1 Å². The number of carbonyl (C=O) groups is 1. The van der Waals surface area contributed by atoms with E-state index in [2.05, 4.69) is 40.1 Å². The Morgan fingerprint density at radius 3 is 2.68 bits per heavy atom. The number of carboxylic acids is 1. The number of carboxylic acid groups (broad SMARTS) is 1. The summed E-state index contributed by atoms with van der Waals surface area (Å²) in [7, 11) is 2.07. The van der Waals surface area contributed by atoms with Gasteiger partial charge in [0.15, 0.2) is 5.56 Å². The Morgan fingerprint density at radius 2 is 2.00 bits per heavy atom. The third-order valence-corrected chi connectivity index (χ3v) is 6.69. The quantitative estimate of drug-likeness (QED) is 0.493. The van der Waals surface area contributed by atoms with Crippen LogP contribution in [0.25, 0.3) is 22.2 Å². The average molecular weight is 444 g/mol. The predicted molar refractivity (Wildman–Crippen MR) is 121 cm³/mol. The van der Waals surface area contributed by atoms with Crippen molar-refractivity contribution in [1.82, 2.24) is 14.9 Å². The molecule has 31 heavy (non-hydrogen) atoms. The van der Waals surface area contributed by atoms with E-state index in [9.17, 15) is 19.8 Å². The van der Waals surface area contributed by atoms with Crippen molar-refractivity contribution in [2.24, 2.45) is 7.05 Å². The fraction of sp³-hybridized carbons (Fsp3) is 0.391. The van der Waals surface area contributed by atoms with Crippen LogP contribution >= 0.6 is 12.4 Å². The minimum atomic E-state index is -1.41. The highest BCUT2D eigenvalue weighted by Gasteiger charge is 2.26. The van der Waals surface area contributed by atoms with Gasteiger partial charge in [0.2, 0.25) is 0 Å². The lowest BCUT2D eigenvalue weighted by Crippen LogP contribution is -2.34. The molecule has 0 unspecified atom stereocenters. The first-order valence-electron chi connectivity index (χ1n) is 10.5. The van der Waals surface area contributed by atoms with Crippen molar-refractivity contribution >= 4 is 29.3 Å². The summed E-state index contributed by atoms with van der Waals surface area (Å²) in [5.41, 5.74) is 3.99. The van der Waals surface area contributed by atoms with Gasteiger partial charge in [-0.15, -0.1) is 12.4 Å². The first kappa shape index (κ1) is 21.5. The molecule has 164 valence electrons. The molecule has 2 aromatic heterocycles. The van der Waals surface area contributed by atoms with Crippen molar-refractivity contribution in [1.29, 1.82) is 0 Å². The summed E-state index contributed by atoms with van der Waals surface area (Å²) in [4.78, 5) is 26.5. The van der Waals surface area contributed by atoms with Crippen molar-refractivity contribution in [3.63, 3.8) is 0 Å². The van der Waals surface area contributed by atoms with Crippen LogP contribution in [-0.2, 0) is 26.4 Å². The normalized spacial score (nSPS) is 15.5. The Kier molecular flexibility index (Phi) is 5.58. The molecule has 0 spiro atoms. The molecule has 2 aliphatic carbocycles. The van der Waals surface area contributed by atoms with Crippen LogP contribution in [0.5, 0.6) is 5.75 Å². The number of aromatic hydroxyl groups is 1. The Balaban J connectivity index is 0.00000231. The fourth-order valence-electron chi connectivity index (χ4n) is 4.71. The molecule has 0 amide bonds. The van der Waals surface area contributed by atoms with Crippen LogP contribution in [-0.4, -0.2) is 31.8 Å². The van der Waals surface area contributed by atoms with E-state index in [-0.39, 0.29) is 12.4 Å². The number of fused-ring (bicyclic) bond motifs is 4. The van der Waals surface area contributed by atoms with Gasteiger partial charge in [0.25, 0.3) is 5.56 Å². The van der Waals surface area contributed by atoms with Crippen molar-refractivity contribution in [2.75, 3.05) is 0 Å². The topological polar surface area (TPSA) is 107 Å². The summed E-state index contributed by atoms with van der Waals surface area (Å²) >= 11 is 0. The van der Waals surface area contributed by atoms with E-state index in [1.54, 1.807) is 0 Å². The molecule has 4 N–H and O–H groups in total. The minimum Gasteiger partial charge on any atom is -0.506 e. The molecule has 7 nitrogen and oxygen atoms in total. The number of aryl methyl sites for hydroxylation is 2. The molecule has 2 aliphatic rings. The van der Waals surface area contributed by atoms with Gasteiger partial charge in [0.1, 0.15) is 5.75 Å². The summed E-state index contributed by atoms with van der Waals surface area (Å²) in [6.45, 7) is 0.816. The zero-order valence-electron chi connectivity index (χ0n) is 17.3. The van der Waals surface area contributed by atoms with Gasteiger partial charge in [-0.1, -0.05) is 6.42 Å². The van der Waals surface area contributed by atoms with Gasteiger partial charge in [0, 0.05) is 47.4 Å². The number of aromatic nitrogens is 2. The highest BCUT2D eigenvalue weighted by atomic mass is 35.5. The first-order valence-corrected chi connectivity index (χ1v) is 10.5. The molecule has 5 rings (SSSR count). The number of hydrogen-bond donors (Lipinski definition) is 4. The lowest BCUT2D eigenvalue weighted by molar-refractivity contribution is 0.0691. The Morgan fingerprint density at radius 1 is 1.23 bits per heavy atom. The minimum absolute atomic E-state index is 0. The highest BCUT2D eigenvalue weighted by Crippen LogP contribution is 2.38. The molecular weight excluding hydrogens is 418 g/mol. The molecular formula is C23H26ClN3O4. The Hall–Kier alpha value is -2.77. The van der Waals surface area contributed by atoms with Crippen LogP contribution in [0.4, 0.5) is 0 Å². The monoisotopic (exact) mass is 443 g/mol. The van der Waals surface area contributed by atoms with Crippen LogP contribution in [0.3, 0.4) is 0 Å². The largest absolute Gasteiger partial charge is 0.506 e. The SMILES string of the molecule is Cl.Cn1c(CNC2CCC2)cc2cc3c(cc21)CCCc1c-3[nH]c(=O)c(C(=O)O)c1O. The number of pyridine rings is 1. The molecule has 2 heterocycles. The van der Waals surface area contributed by atoms with Crippen LogP contribution in [0, 0.1) is 0 Å². The van der Waals surface area contributed by atoms with Gasteiger partial charge in [-0.2, -0.15) is 0 Å². The molecule has 0 radical (unpaired) electrons. The highest BCUT2D eigenvalue weighted by molar-refractivity contribution is 5.93. The number of benzene rings is 1. The number of aromatic carboxylic acids is 1. The number of H-pyrrole nitrogens is 1. The summed E-state index contributed by atoms with van der Waals surface area (Å²) in [6, 6.07) is 6.99. The van der Waals surface area contributed by atoms with Gasteiger partial charge >= 0.3 is 5.97 Å². The second-order valence-corrected chi connectivity index (χ2v) is 8.46. The molecule has 1 fully saturated rings. The first-order chi connectivity index (χ1) is 14.4. The van der Waals surface area contributed by atoms with Crippen LogP contribution in [0.1, 0.15) is 52.9 Å². The fourth-order valence-corrected chi connectivity index (χ4v) is 4.71. The van der Waals surface area contributed by atoms with E-state index >= 15 is 0 Å². The van der Waals surface area contributed by atoms with E-state index in [0.717, 1.165) is 41.4 Å². The standard InChI is InChI=1S/C23H25N3O4.ClH/c1-26-15(11-24-14-5-3-6-14)8-13-9-17-12(10-18(13)26)4-2-7-16-20(17)25-22(28)19(21(16)27)23(29)30;/h8-10,14,24H,2-7,11H2,1H3,(H,29,30)(H2,25,27,28);1H. The zero-order chi connectivity index (χ0) is 21.0. The van der Waals surface area contributed by atoms with E-state index in [0.29, 0.717) is 23.7 Å². The molecule has 1 aromatic carbocycles. The summed E-state index contributed by atoms with van der Waals surface area (Å²) in [5.74, 6) is -1.82. The van der Waals surface area contributed by atoms with Gasteiger partial charge in [-0.25, -0.2) is 4.79 Å².